The Bertz CT molecular complexity index is 618. The zero-order valence-corrected chi connectivity index (χ0v) is 14.1. The molecule has 4 heteroatoms. The third-order valence-electron chi connectivity index (χ3n) is 4.47. The van der Waals surface area contributed by atoms with Gasteiger partial charge in [-0.1, -0.05) is 36.4 Å². The molecule has 23 heavy (non-hydrogen) atoms. The predicted molar refractivity (Wildman–Crippen MR) is 97.4 cm³/mol. The molecule has 0 saturated carbocycles. The molecule has 3 rings (SSSR count). The summed E-state index contributed by atoms with van der Waals surface area (Å²) < 4.78 is 5.69. The third kappa shape index (κ3) is 4.25. The largest absolute Gasteiger partial charge is 0.492 e. The van der Waals surface area contributed by atoms with Crippen molar-refractivity contribution >= 4 is 12.4 Å². The molecule has 1 aliphatic carbocycles. The number of rotatable bonds is 5. The average Bonchev–Trinajstić information content (AvgIpc) is 2.56. The number of hydrogen-bond acceptors (Lipinski definition) is 3. The topological polar surface area (TPSA) is 61.3 Å². The van der Waals surface area contributed by atoms with E-state index in [0.717, 1.165) is 25.0 Å². The van der Waals surface area contributed by atoms with Gasteiger partial charge in [0.15, 0.2) is 0 Å². The molecule has 1 aliphatic rings. The summed E-state index contributed by atoms with van der Waals surface area (Å²) >= 11 is 0. The van der Waals surface area contributed by atoms with Gasteiger partial charge in [0.05, 0.1) is 0 Å². The maximum absolute atomic E-state index is 6.43. The molecule has 0 amide bonds. The van der Waals surface area contributed by atoms with Crippen LogP contribution in [0.1, 0.15) is 29.0 Å². The van der Waals surface area contributed by atoms with Crippen LogP contribution in [0.3, 0.4) is 0 Å². The van der Waals surface area contributed by atoms with Gasteiger partial charge in [-0.2, -0.15) is 0 Å². The number of aryl methyl sites for hydroxylation is 1. The Morgan fingerprint density at radius 2 is 1.87 bits per heavy atom. The number of nitrogens with two attached hydrogens (primary N) is 2. The fourth-order valence-corrected chi connectivity index (χ4v) is 3.30. The van der Waals surface area contributed by atoms with Crippen molar-refractivity contribution < 1.29 is 4.74 Å². The van der Waals surface area contributed by atoms with Gasteiger partial charge in [0, 0.05) is 18.5 Å². The second kappa shape index (κ2) is 8.34. The highest BCUT2D eigenvalue weighted by atomic mass is 35.5. The third-order valence-corrected chi connectivity index (χ3v) is 4.47. The monoisotopic (exact) mass is 332 g/mol. The molecule has 2 aromatic carbocycles. The number of ether oxygens (including phenoxy) is 1. The van der Waals surface area contributed by atoms with Crippen LogP contribution in [0.25, 0.3) is 0 Å². The minimum Gasteiger partial charge on any atom is -0.492 e. The summed E-state index contributed by atoms with van der Waals surface area (Å²) in [5.74, 6) is 1.25. The first-order chi connectivity index (χ1) is 10.8. The van der Waals surface area contributed by atoms with E-state index < -0.39 is 0 Å². The molecular weight excluding hydrogens is 308 g/mol. The fraction of sp³-hybridized carbons (Fsp3) is 0.368. The Morgan fingerprint density at radius 3 is 2.61 bits per heavy atom. The van der Waals surface area contributed by atoms with Crippen molar-refractivity contribution in [3.8, 4) is 5.75 Å². The summed E-state index contributed by atoms with van der Waals surface area (Å²) in [5.41, 5.74) is 16.0. The van der Waals surface area contributed by atoms with Gasteiger partial charge in [0.1, 0.15) is 12.4 Å². The maximum Gasteiger partial charge on any atom is 0.119 e. The molecule has 3 nitrogen and oxygen atoms in total. The van der Waals surface area contributed by atoms with Gasteiger partial charge in [0.2, 0.25) is 0 Å². The second-order valence-corrected chi connectivity index (χ2v) is 6.00. The van der Waals surface area contributed by atoms with Crippen LogP contribution in [-0.2, 0) is 12.8 Å². The molecule has 0 heterocycles. The van der Waals surface area contributed by atoms with Crippen molar-refractivity contribution in [1.82, 2.24) is 0 Å². The normalized spacial score (nSPS) is 19.6. The van der Waals surface area contributed by atoms with Crippen molar-refractivity contribution in [2.75, 3.05) is 13.2 Å². The first-order valence-corrected chi connectivity index (χ1v) is 8.03. The zero-order valence-electron chi connectivity index (χ0n) is 13.3. The number of fused-ring (bicyclic) bond motifs is 1. The lowest BCUT2D eigenvalue weighted by Gasteiger charge is -2.32. The van der Waals surface area contributed by atoms with Gasteiger partial charge in [-0.25, -0.2) is 0 Å². The Hall–Kier alpha value is -1.55. The van der Waals surface area contributed by atoms with Crippen molar-refractivity contribution in [2.24, 2.45) is 11.5 Å². The molecule has 0 aliphatic heterocycles. The Balaban J connectivity index is 0.00000192. The van der Waals surface area contributed by atoms with E-state index in [1.165, 1.54) is 16.7 Å². The quantitative estimate of drug-likeness (QED) is 0.884. The van der Waals surface area contributed by atoms with Crippen molar-refractivity contribution in [3.63, 3.8) is 0 Å². The minimum atomic E-state index is 0. The van der Waals surface area contributed by atoms with Crippen LogP contribution >= 0.6 is 12.4 Å². The van der Waals surface area contributed by atoms with Crippen molar-refractivity contribution in [3.05, 3.63) is 65.2 Å². The first kappa shape index (κ1) is 17.8. The smallest absolute Gasteiger partial charge is 0.119 e. The van der Waals surface area contributed by atoms with Crippen LogP contribution in [0.15, 0.2) is 48.5 Å². The van der Waals surface area contributed by atoms with Gasteiger partial charge in [-0.3, -0.25) is 0 Å². The Morgan fingerprint density at radius 1 is 1.09 bits per heavy atom. The Labute approximate surface area is 144 Å². The molecule has 0 bridgehead atoms. The van der Waals surface area contributed by atoms with Gasteiger partial charge >= 0.3 is 0 Å². The highest BCUT2D eigenvalue weighted by Crippen LogP contribution is 2.35. The summed E-state index contributed by atoms with van der Waals surface area (Å²) in [6.07, 6.45) is 3.09. The number of hydrogen-bond donors (Lipinski definition) is 2. The summed E-state index contributed by atoms with van der Waals surface area (Å²) in [6.45, 7) is 1.08. The van der Waals surface area contributed by atoms with Crippen LogP contribution in [0.2, 0.25) is 0 Å². The van der Waals surface area contributed by atoms with Crippen molar-refractivity contribution in [1.29, 1.82) is 0 Å². The van der Waals surface area contributed by atoms with E-state index >= 15 is 0 Å². The van der Waals surface area contributed by atoms with Gasteiger partial charge in [0.25, 0.3) is 0 Å². The molecule has 2 unspecified atom stereocenters. The van der Waals surface area contributed by atoms with Crippen molar-refractivity contribution in [2.45, 2.75) is 31.2 Å². The van der Waals surface area contributed by atoms with E-state index in [2.05, 4.69) is 42.5 Å². The highest BCUT2D eigenvalue weighted by Gasteiger charge is 2.27. The second-order valence-electron chi connectivity index (χ2n) is 6.00. The SMILES string of the molecule is Cl.NCCOc1ccc2c(c1)C(Cc1ccccc1)C(N)CC2. The summed E-state index contributed by atoms with van der Waals surface area (Å²) in [5, 5.41) is 0. The molecule has 0 saturated heterocycles. The van der Waals surface area contributed by atoms with Gasteiger partial charge < -0.3 is 16.2 Å². The summed E-state index contributed by atoms with van der Waals surface area (Å²) in [4.78, 5) is 0. The van der Waals surface area contributed by atoms with E-state index in [1.54, 1.807) is 0 Å². The number of benzene rings is 2. The van der Waals surface area contributed by atoms with Crippen LogP contribution in [0, 0.1) is 0 Å². The lowest BCUT2D eigenvalue weighted by Crippen LogP contribution is -2.34. The first-order valence-electron chi connectivity index (χ1n) is 8.03. The molecule has 0 spiro atoms. The molecule has 2 aromatic rings. The van der Waals surface area contributed by atoms with E-state index in [0.29, 0.717) is 19.1 Å². The average molecular weight is 333 g/mol. The zero-order chi connectivity index (χ0) is 15.4. The molecular formula is C19H25ClN2O. The predicted octanol–water partition coefficient (Wildman–Crippen LogP) is 3.05. The molecule has 0 fully saturated rings. The minimum absolute atomic E-state index is 0. The summed E-state index contributed by atoms with van der Waals surface area (Å²) in [6, 6.07) is 17.2. The molecule has 4 N–H and O–H groups in total. The maximum atomic E-state index is 6.43. The standard InChI is InChI=1S/C19H24N2O.ClH/c20-10-11-22-16-8-6-15-7-9-19(21)18(17(15)13-16)12-14-4-2-1-3-5-14;/h1-6,8,13,18-19H,7,9-12,20-21H2;1H. The van der Waals surface area contributed by atoms with E-state index in [9.17, 15) is 0 Å². The van der Waals surface area contributed by atoms with Gasteiger partial charge in [-0.15, -0.1) is 12.4 Å². The Kier molecular flexibility index (Phi) is 6.46. The molecule has 0 aromatic heterocycles. The molecule has 0 radical (unpaired) electrons. The highest BCUT2D eigenvalue weighted by molar-refractivity contribution is 5.85. The van der Waals surface area contributed by atoms with Gasteiger partial charge in [-0.05, 0) is 48.1 Å². The van der Waals surface area contributed by atoms with E-state index in [1.807, 2.05) is 6.07 Å². The van der Waals surface area contributed by atoms with E-state index in [-0.39, 0.29) is 18.4 Å². The molecule has 124 valence electrons. The fourth-order valence-electron chi connectivity index (χ4n) is 3.30. The van der Waals surface area contributed by atoms with E-state index in [4.69, 9.17) is 16.2 Å². The lowest BCUT2D eigenvalue weighted by molar-refractivity contribution is 0.327. The number of halogens is 1. The van der Waals surface area contributed by atoms with Crippen LogP contribution in [0.4, 0.5) is 0 Å². The van der Waals surface area contributed by atoms with Crippen LogP contribution < -0.4 is 16.2 Å². The van der Waals surface area contributed by atoms with Crippen LogP contribution in [0.5, 0.6) is 5.75 Å². The summed E-state index contributed by atoms with van der Waals surface area (Å²) in [7, 11) is 0. The van der Waals surface area contributed by atoms with Crippen LogP contribution in [-0.4, -0.2) is 19.2 Å². The lowest BCUT2D eigenvalue weighted by atomic mass is 9.76. The molecule has 2 atom stereocenters.